The van der Waals surface area contributed by atoms with E-state index in [1.165, 1.54) is 43.2 Å². The van der Waals surface area contributed by atoms with Crippen LogP contribution < -0.4 is 11.1 Å². The molecule has 0 aromatic heterocycles. The summed E-state index contributed by atoms with van der Waals surface area (Å²) < 4.78 is 0. The van der Waals surface area contributed by atoms with Gasteiger partial charge in [0.05, 0.1) is 0 Å². The molecule has 1 aliphatic heterocycles. The average Bonchev–Trinajstić information content (AvgIpc) is 2.70. The lowest BCUT2D eigenvalue weighted by Crippen LogP contribution is -2.25. The van der Waals surface area contributed by atoms with Gasteiger partial charge in [0.1, 0.15) is 0 Å². The van der Waals surface area contributed by atoms with Gasteiger partial charge in [-0.05, 0) is 81.4 Å². The van der Waals surface area contributed by atoms with Gasteiger partial charge in [0.25, 0.3) is 0 Å². The monoisotopic (exact) mass is 366 g/mol. The minimum absolute atomic E-state index is 0.501. The zero-order chi connectivity index (χ0) is 19.6. The first-order valence-electron chi connectivity index (χ1n) is 10.8. The molecule has 0 radical (unpaired) electrons. The smallest absolute Gasteiger partial charge is 0.00255 e. The van der Waals surface area contributed by atoms with E-state index in [4.69, 9.17) is 5.73 Å². The fraction of sp³-hybridized carbons (Fsp3) is 0.520. The van der Waals surface area contributed by atoms with Crippen molar-refractivity contribution in [3.63, 3.8) is 0 Å². The summed E-state index contributed by atoms with van der Waals surface area (Å²) >= 11 is 0. The minimum atomic E-state index is 0.501. The van der Waals surface area contributed by atoms with E-state index in [2.05, 4.69) is 43.4 Å². The van der Waals surface area contributed by atoms with Gasteiger partial charge in [0.2, 0.25) is 0 Å². The third kappa shape index (κ3) is 5.59. The lowest BCUT2D eigenvalue weighted by Gasteiger charge is -2.30. The molecule has 0 saturated carbocycles. The maximum atomic E-state index is 5.53. The molecule has 3 N–H and O–H groups in total. The summed E-state index contributed by atoms with van der Waals surface area (Å²) in [6.45, 7) is 10.9. The Morgan fingerprint density at radius 1 is 1.11 bits per heavy atom. The van der Waals surface area contributed by atoms with Crippen LogP contribution in [0.2, 0.25) is 0 Å². The summed E-state index contributed by atoms with van der Waals surface area (Å²) in [5.41, 5.74) is 14.8. The normalized spacial score (nSPS) is 22.1. The molecule has 1 aromatic carbocycles. The van der Waals surface area contributed by atoms with E-state index >= 15 is 0 Å². The number of hydrogen-bond acceptors (Lipinski definition) is 2. The molecule has 1 atom stereocenters. The highest BCUT2D eigenvalue weighted by Gasteiger charge is 2.24. The first kappa shape index (κ1) is 21.5. The zero-order valence-corrected chi connectivity index (χ0v) is 17.8. The van der Waals surface area contributed by atoms with Crippen LogP contribution in [-0.2, 0) is 6.42 Å². The molecule has 148 valence electrons. The summed E-state index contributed by atoms with van der Waals surface area (Å²) in [6, 6.07) is 7.08. The van der Waals surface area contributed by atoms with E-state index in [1.807, 2.05) is 19.9 Å². The molecule has 3 rings (SSSR count). The van der Waals surface area contributed by atoms with Gasteiger partial charge in [-0.2, -0.15) is 0 Å². The van der Waals surface area contributed by atoms with Crippen molar-refractivity contribution in [3.8, 4) is 0 Å². The van der Waals surface area contributed by atoms with Crippen molar-refractivity contribution < 1.29 is 0 Å². The summed E-state index contributed by atoms with van der Waals surface area (Å²) in [4.78, 5) is 0. The van der Waals surface area contributed by atoms with E-state index in [9.17, 15) is 0 Å². The molecular formula is C25H38N2. The van der Waals surface area contributed by atoms with Crippen molar-refractivity contribution >= 4 is 5.57 Å². The fourth-order valence-electron chi connectivity index (χ4n) is 4.38. The van der Waals surface area contributed by atoms with Crippen LogP contribution in [0.15, 0.2) is 47.7 Å². The van der Waals surface area contributed by atoms with Crippen molar-refractivity contribution in [1.29, 1.82) is 0 Å². The van der Waals surface area contributed by atoms with Crippen molar-refractivity contribution in [2.75, 3.05) is 13.1 Å². The number of allylic oxidation sites excluding steroid dienone is 4. The fourth-order valence-corrected chi connectivity index (χ4v) is 4.38. The lowest BCUT2D eigenvalue weighted by molar-refractivity contribution is 0.604. The van der Waals surface area contributed by atoms with Gasteiger partial charge >= 0.3 is 0 Å². The summed E-state index contributed by atoms with van der Waals surface area (Å²) in [6.07, 6.45) is 13.1. The predicted molar refractivity (Wildman–Crippen MR) is 120 cm³/mol. The molecule has 1 aromatic rings. The lowest BCUT2D eigenvalue weighted by atomic mass is 9.76. The van der Waals surface area contributed by atoms with E-state index in [-0.39, 0.29) is 0 Å². The van der Waals surface area contributed by atoms with Crippen molar-refractivity contribution in [1.82, 2.24) is 5.32 Å². The van der Waals surface area contributed by atoms with Gasteiger partial charge in [-0.25, -0.2) is 0 Å². The molecule has 1 saturated heterocycles. The highest BCUT2D eigenvalue weighted by atomic mass is 14.9. The van der Waals surface area contributed by atoms with Crippen molar-refractivity contribution in [3.05, 3.63) is 64.4 Å². The Kier molecular flexibility index (Phi) is 8.87. The highest BCUT2D eigenvalue weighted by molar-refractivity contribution is 5.75. The molecule has 1 unspecified atom stereocenters. The van der Waals surface area contributed by atoms with Crippen LogP contribution in [0.1, 0.15) is 69.6 Å². The van der Waals surface area contributed by atoms with Crippen LogP contribution in [0, 0.1) is 12.8 Å². The molecule has 0 bridgehead atoms. The zero-order valence-electron chi connectivity index (χ0n) is 17.8. The first-order chi connectivity index (χ1) is 13.2. The van der Waals surface area contributed by atoms with Crippen LogP contribution in [0.5, 0.6) is 0 Å². The van der Waals surface area contributed by atoms with Crippen LogP contribution in [0.25, 0.3) is 5.57 Å². The Morgan fingerprint density at radius 3 is 2.56 bits per heavy atom. The minimum Gasteiger partial charge on any atom is -0.405 e. The first-order valence-corrected chi connectivity index (χ1v) is 10.8. The number of fused-ring (bicyclic) bond motifs is 1. The molecule has 1 aliphatic carbocycles. The molecule has 1 fully saturated rings. The Labute approximate surface area is 166 Å². The van der Waals surface area contributed by atoms with Crippen LogP contribution in [0.4, 0.5) is 0 Å². The largest absolute Gasteiger partial charge is 0.405 e. The van der Waals surface area contributed by atoms with Gasteiger partial charge in [-0.3, -0.25) is 0 Å². The average molecular weight is 367 g/mol. The van der Waals surface area contributed by atoms with Gasteiger partial charge in [0.15, 0.2) is 0 Å². The topological polar surface area (TPSA) is 38.0 Å². The van der Waals surface area contributed by atoms with E-state index < -0.39 is 0 Å². The van der Waals surface area contributed by atoms with Crippen molar-refractivity contribution in [2.24, 2.45) is 11.7 Å². The second-order valence-corrected chi connectivity index (χ2v) is 7.45. The molecule has 27 heavy (non-hydrogen) atoms. The van der Waals surface area contributed by atoms with Gasteiger partial charge in [-0.15, -0.1) is 0 Å². The third-order valence-corrected chi connectivity index (χ3v) is 5.69. The maximum Gasteiger partial charge on any atom is 0.00255 e. The SMILES string of the molecule is CC.Cc1ccc2c(c1)CCC/C(=C/C/C=C\N)C(C)C2=C1CCNCC1. The predicted octanol–water partition coefficient (Wildman–Crippen LogP) is 5.92. The number of benzene rings is 1. The van der Waals surface area contributed by atoms with Crippen LogP contribution in [0.3, 0.4) is 0 Å². The van der Waals surface area contributed by atoms with E-state index in [0.717, 1.165) is 19.5 Å². The summed E-state index contributed by atoms with van der Waals surface area (Å²) in [5.74, 6) is 0.501. The van der Waals surface area contributed by atoms with E-state index in [1.54, 1.807) is 28.5 Å². The van der Waals surface area contributed by atoms with E-state index in [0.29, 0.717) is 5.92 Å². The Balaban J connectivity index is 0.00000126. The van der Waals surface area contributed by atoms with Crippen LogP contribution in [-0.4, -0.2) is 13.1 Å². The molecule has 1 heterocycles. The highest BCUT2D eigenvalue weighted by Crippen LogP contribution is 2.40. The number of rotatable bonds is 2. The Bertz CT molecular complexity index is 686. The second kappa shape index (κ2) is 11.1. The third-order valence-electron chi connectivity index (χ3n) is 5.69. The number of piperidine rings is 1. The Morgan fingerprint density at radius 2 is 1.85 bits per heavy atom. The Hall–Kier alpha value is -1.80. The summed E-state index contributed by atoms with van der Waals surface area (Å²) in [7, 11) is 0. The summed E-state index contributed by atoms with van der Waals surface area (Å²) in [5, 5.41) is 3.51. The molecular weight excluding hydrogens is 328 g/mol. The number of hydrogen-bond donors (Lipinski definition) is 2. The maximum absolute atomic E-state index is 5.53. The molecule has 2 nitrogen and oxygen atoms in total. The van der Waals surface area contributed by atoms with Gasteiger partial charge in [0, 0.05) is 5.92 Å². The quantitative estimate of drug-likeness (QED) is 0.638. The molecule has 2 heteroatoms. The van der Waals surface area contributed by atoms with Gasteiger partial charge < -0.3 is 11.1 Å². The standard InChI is InChI=1S/C23H32N2.C2H6/c1-17-9-10-22-21(16-17)8-5-7-19(6-3-4-13-24)18(2)23(22)20-11-14-25-15-12-20;1-2/h4,6,9-10,13,16,18,25H,3,5,7-8,11-12,14-15,24H2,1-2H3;1-2H3/b13-4-,19-6-;. The van der Waals surface area contributed by atoms with Crippen molar-refractivity contribution in [2.45, 2.75) is 66.2 Å². The van der Waals surface area contributed by atoms with Gasteiger partial charge in [-0.1, -0.05) is 67.8 Å². The number of nitrogens with two attached hydrogens (primary N) is 1. The number of aryl methyl sites for hydroxylation is 2. The molecule has 2 aliphatic rings. The van der Waals surface area contributed by atoms with Crippen LogP contribution >= 0.6 is 0 Å². The number of nitrogens with one attached hydrogen (secondary N) is 1. The molecule has 0 spiro atoms. The second-order valence-electron chi connectivity index (χ2n) is 7.45. The molecule has 0 amide bonds.